The molecule has 0 saturated heterocycles. The summed E-state index contributed by atoms with van der Waals surface area (Å²) in [5, 5.41) is 12.7. The van der Waals surface area contributed by atoms with Crippen LogP contribution in [0.15, 0.2) is 47.4 Å². The van der Waals surface area contributed by atoms with Crippen LogP contribution in [0.5, 0.6) is 11.5 Å². The lowest BCUT2D eigenvalue weighted by molar-refractivity contribution is -0.125. The minimum Gasteiger partial charge on any atom is -0.486 e. The van der Waals surface area contributed by atoms with E-state index in [0.717, 1.165) is 27.5 Å². The van der Waals surface area contributed by atoms with Crippen LogP contribution in [0.3, 0.4) is 0 Å². The quantitative estimate of drug-likeness (QED) is 0.749. The van der Waals surface area contributed by atoms with Crippen LogP contribution in [0.4, 0.5) is 0 Å². The first-order chi connectivity index (χ1) is 13.6. The molecule has 1 amide bonds. The predicted molar refractivity (Wildman–Crippen MR) is 108 cm³/mol. The van der Waals surface area contributed by atoms with Crippen molar-refractivity contribution < 1.29 is 19.4 Å². The van der Waals surface area contributed by atoms with E-state index in [1.165, 1.54) is 11.9 Å². The Balaban J connectivity index is 1.46. The maximum atomic E-state index is 12.9. The molecule has 2 atom stereocenters. The van der Waals surface area contributed by atoms with Crippen molar-refractivity contribution in [3.05, 3.63) is 53.6 Å². The molecule has 6 nitrogen and oxygen atoms in total. The summed E-state index contributed by atoms with van der Waals surface area (Å²) in [5.74, 6) is 1.43. The first-order valence-electron chi connectivity index (χ1n) is 9.42. The van der Waals surface area contributed by atoms with E-state index in [-0.39, 0.29) is 24.6 Å². The number of likely N-dealkylation sites (N-methyl/N-ethyl adjacent to an activating group) is 1. The van der Waals surface area contributed by atoms with Gasteiger partial charge in [0.25, 0.3) is 0 Å². The molecule has 2 heterocycles. The smallest absolute Gasteiger partial charge is 0.238 e. The second-order valence-corrected chi connectivity index (χ2v) is 8.24. The van der Waals surface area contributed by atoms with Crippen LogP contribution in [0.1, 0.15) is 11.1 Å². The molecule has 2 aromatic carbocycles. The van der Waals surface area contributed by atoms with Crippen LogP contribution in [-0.4, -0.2) is 54.3 Å². The molecule has 0 fully saturated rings. The van der Waals surface area contributed by atoms with Crippen LogP contribution >= 0.6 is 11.9 Å². The molecule has 0 radical (unpaired) electrons. The average Bonchev–Trinajstić information content (AvgIpc) is 2.72. The highest BCUT2D eigenvalue weighted by Gasteiger charge is 2.32. The van der Waals surface area contributed by atoms with Gasteiger partial charge in [0.15, 0.2) is 11.5 Å². The van der Waals surface area contributed by atoms with Gasteiger partial charge >= 0.3 is 0 Å². The van der Waals surface area contributed by atoms with Gasteiger partial charge in [-0.15, -0.1) is 0 Å². The Morgan fingerprint density at radius 2 is 1.96 bits per heavy atom. The number of carbonyl (C=O) groups is 1. The number of fused-ring (bicyclic) bond motifs is 2. The Morgan fingerprint density at radius 1 is 1.25 bits per heavy atom. The summed E-state index contributed by atoms with van der Waals surface area (Å²) in [4.78, 5) is 14.0. The van der Waals surface area contributed by atoms with Crippen molar-refractivity contribution in [3.8, 4) is 11.5 Å². The van der Waals surface area contributed by atoms with Gasteiger partial charge in [-0.3, -0.25) is 4.79 Å². The fourth-order valence-corrected chi connectivity index (χ4v) is 4.55. The van der Waals surface area contributed by atoms with Crippen molar-refractivity contribution in [2.45, 2.75) is 29.8 Å². The predicted octanol–water partition coefficient (Wildman–Crippen LogP) is 2.04. The maximum Gasteiger partial charge on any atom is 0.238 e. The minimum absolute atomic E-state index is 0.0782. The van der Waals surface area contributed by atoms with E-state index in [4.69, 9.17) is 9.47 Å². The third-order valence-corrected chi connectivity index (χ3v) is 6.13. The Hall–Kier alpha value is -2.22. The Labute approximate surface area is 169 Å². The summed E-state index contributed by atoms with van der Waals surface area (Å²) < 4.78 is 13.3. The largest absolute Gasteiger partial charge is 0.486 e. The van der Waals surface area contributed by atoms with Crippen molar-refractivity contribution in [1.82, 2.24) is 9.62 Å². The number of nitrogens with one attached hydrogen (secondary N) is 1. The Bertz CT molecular complexity index is 846. The van der Waals surface area contributed by atoms with Gasteiger partial charge in [-0.2, -0.15) is 0 Å². The third-order valence-electron chi connectivity index (χ3n) is 5.01. The van der Waals surface area contributed by atoms with E-state index < -0.39 is 0 Å². The second-order valence-electron chi connectivity index (χ2n) is 7.04. The summed E-state index contributed by atoms with van der Waals surface area (Å²) in [6.45, 7) is 1.00. The van der Waals surface area contributed by atoms with Crippen LogP contribution in [-0.2, 0) is 17.6 Å². The number of amides is 1. The molecule has 0 bridgehead atoms. The minimum atomic E-state index is -0.315. The molecule has 2 aliphatic heterocycles. The van der Waals surface area contributed by atoms with Crippen LogP contribution in [0.2, 0.25) is 0 Å². The Kier molecular flexibility index (Phi) is 5.75. The maximum absolute atomic E-state index is 12.9. The monoisotopic (exact) mass is 400 g/mol. The molecule has 7 heteroatoms. The van der Waals surface area contributed by atoms with E-state index in [1.807, 2.05) is 53.8 Å². The zero-order valence-corrected chi connectivity index (χ0v) is 16.6. The zero-order chi connectivity index (χ0) is 19.5. The van der Waals surface area contributed by atoms with Crippen molar-refractivity contribution in [3.63, 3.8) is 0 Å². The topological polar surface area (TPSA) is 71.0 Å². The van der Waals surface area contributed by atoms with Crippen LogP contribution in [0, 0.1) is 0 Å². The van der Waals surface area contributed by atoms with E-state index in [9.17, 15) is 9.90 Å². The number of aliphatic hydroxyl groups is 1. The molecule has 4 rings (SSSR count). The van der Waals surface area contributed by atoms with Crippen LogP contribution in [0.25, 0.3) is 0 Å². The van der Waals surface area contributed by atoms with Crippen molar-refractivity contribution in [2.24, 2.45) is 0 Å². The average molecular weight is 401 g/mol. The highest BCUT2D eigenvalue weighted by atomic mass is 32.2. The highest BCUT2D eigenvalue weighted by Crippen LogP contribution is 2.41. The van der Waals surface area contributed by atoms with E-state index in [1.54, 1.807) is 0 Å². The Morgan fingerprint density at radius 3 is 2.68 bits per heavy atom. The second kappa shape index (κ2) is 8.43. The molecular weight excluding hydrogens is 376 g/mol. The fraction of sp³-hybridized carbons (Fsp3) is 0.381. The third kappa shape index (κ3) is 4.11. The first kappa shape index (κ1) is 19.1. The molecule has 2 aromatic rings. The fourth-order valence-electron chi connectivity index (χ4n) is 3.53. The van der Waals surface area contributed by atoms with Gasteiger partial charge in [-0.05, 0) is 55.1 Å². The lowest BCUT2D eigenvalue weighted by Gasteiger charge is -2.33. The van der Waals surface area contributed by atoms with Crippen molar-refractivity contribution in [1.29, 1.82) is 0 Å². The molecule has 0 spiro atoms. The molecule has 2 N–H and O–H groups in total. The lowest BCUT2D eigenvalue weighted by Crippen LogP contribution is -2.50. The molecule has 0 saturated carbocycles. The normalized spacial score (nSPS) is 19.6. The number of nitrogens with zero attached hydrogens (tertiary/aromatic N) is 1. The van der Waals surface area contributed by atoms with Gasteiger partial charge in [-0.25, -0.2) is 4.31 Å². The summed E-state index contributed by atoms with van der Waals surface area (Å²) in [6.07, 6.45) is 1.19. The lowest BCUT2D eigenvalue weighted by atomic mass is 10.0. The number of hydrogen-bond acceptors (Lipinski definition) is 6. The molecule has 2 aliphatic rings. The standard InChI is InChI=1S/C21H24N2O4S/c1-23-17(21(25)22-16(13-24)9-14-5-3-2-4-6-14)10-15-11-18-19(12-20(15)28-23)27-8-7-26-18/h2-6,11-12,16-17,24H,7-10,13H2,1H3,(H,22,25)/t16-,17?/m0/s1. The molecule has 1 unspecified atom stereocenters. The highest BCUT2D eigenvalue weighted by molar-refractivity contribution is 7.97. The SMILES string of the molecule is CN1Sc2cc3c(cc2CC1C(=O)N[C@H](CO)Cc1ccccc1)OCCO3. The summed E-state index contributed by atoms with van der Waals surface area (Å²) >= 11 is 1.53. The van der Waals surface area contributed by atoms with Gasteiger partial charge < -0.3 is 19.9 Å². The van der Waals surface area contributed by atoms with Crippen molar-refractivity contribution >= 4 is 17.9 Å². The zero-order valence-electron chi connectivity index (χ0n) is 15.8. The van der Waals surface area contributed by atoms with E-state index in [2.05, 4.69) is 5.32 Å². The number of rotatable bonds is 5. The summed E-state index contributed by atoms with van der Waals surface area (Å²) in [5.41, 5.74) is 2.17. The summed E-state index contributed by atoms with van der Waals surface area (Å²) in [6, 6.07) is 13.2. The van der Waals surface area contributed by atoms with E-state index >= 15 is 0 Å². The van der Waals surface area contributed by atoms with Crippen LogP contribution < -0.4 is 14.8 Å². The van der Waals surface area contributed by atoms with Crippen molar-refractivity contribution in [2.75, 3.05) is 26.9 Å². The number of aliphatic hydroxyl groups excluding tert-OH is 1. The first-order valence-corrected chi connectivity index (χ1v) is 10.2. The molecule has 0 aromatic heterocycles. The van der Waals surface area contributed by atoms with Gasteiger partial charge in [0, 0.05) is 4.90 Å². The van der Waals surface area contributed by atoms with Gasteiger partial charge in [0.1, 0.15) is 19.3 Å². The van der Waals surface area contributed by atoms with E-state index in [0.29, 0.717) is 26.1 Å². The van der Waals surface area contributed by atoms with Gasteiger partial charge in [-0.1, -0.05) is 30.3 Å². The van der Waals surface area contributed by atoms with Gasteiger partial charge in [0.05, 0.1) is 12.6 Å². The summed E-state index contributed by atoms with van der Waals surface area (Å²) in [7, 11) is 1.92. The van der Waals surface area contributed by atoms with Gasteiger partial charge in [0.2, 0.25) is 5.91 Å². The number of carbonyl (C=O) groups excluding carboxylic acids is 1. The number of benzene rings is 2. The molecule has 0 aliphatic carbocycles. The molecular formula is C21H24N2O4S. The molecule has 148 valence electrons. The molecule has 28 heavy (non-hydrogen) atoms. The number of ether oxygens (including phenoxy) is 2. The number of hydrogen-bond donors (Lipinski definition) is 2.